The summed E-state index contributed by atoms with van der Waals surface area (Å²) in [5.74, 6) is 1.34. The molecule has 2 rings (SSSR count). The summed E-state index contributed by atoms with van der Waals surface area (Å²) in [6.45, 7) is 4.84. The molecular formula is C12H21NO. The van der Waals surface area contributed by atoms with Crippen molar-refractivity contribution in [1.82, 2.24) is 4.90 Å². The van der Waals surface area contributed by atoms with E-state index in [1.165, 1.54) is 32.4 Å². The summed E-state index contributed by atoms with van der Waals surface area (Å²) in [4.78, 5) is 13.1. The van der Waals surface area contributed by atoms with E-state index in [4.69, 9.17) is 0 Å². The molecule has 1 heterocycles. The average molecular weight is 195 g/mol. The molecule has 1 aliphatic heterocycles. The summed E-state index contributed by atoms with van der Waals surface area (Å²) < 4.78 is 0. The van der Waals surface area contributed by atoms with Crippen molar-refractivity contribution < 1.29 is 4.79 Å². The van der Waals surface area contributed by atoms with Crippen LogP contribution in [0.4, 0.5) is 0 Å². The number of rotatable bonds is 3. The highest BCUT2D eigenvalue weighted by molar-refractivity contribution is 5.55. The number of likely N-dealkylation sites (tertiary alicyclic amines) is 1. The van der Waals surface area contributed by atoms with Crippen LogP contribution in [0.15, 0.2) is 0 Å². The molecule has 0 aromatic heterocycles. The van der Waals surface area contributed by atoms with Crippen molar-refractivity contribution in [2.75, 3.05) is 13.1 Å². The Morgan fingerprint density at radius 2 is 1.93 bits per heavy atom. The van der Waals surface area contributed by atoms with Crippen LogP contribution in [0.1, 0.15) is 39.0 Å². The molecule has 0 unspecified atom stereocenters. The van der Waals surface area contributed by atoms with Crippen LogP contribution >= 0.6 is 0 Å². The number of carbonyl (C=O) groups excluding carboxylic acids is 1. The maximum absolute atomic E-state index is 10.5. The first-order valence-electron chi connectivity index (χ1n) is 6.02. The van der Waals surface area contributed by atoms with E-state index in [-0.39, 0.29) is 0 Å². The van der Waals surface area contributed by atoms with Crippen molar-refractivity contribution in [3.8, 4) is 0 Å². The first kappa shape index (κ1) is 10.2. The summed E-state index contributed by atoms with van der Waals surface area (Å²) in [6, 6.07) is 0.739. The van der Waals surface area contributed by atoms with Crippen molar-refractivity contribution in [1.29, 1.82) is 0 Å². The van der Waals surface area contributed by atoms with Crippen LogP contribution in [0.25, 0.3) is 0 Å². The maximum atomic E-state index is 10.5. The Balaban J connectivity index is 1.71. The summed E-state index contributed by atoms with van der Waals surface area (Å²) in [5.41, 5.74) is 0. The van der Waals surface area contributed by atoms with E-state index < -0.39 is 0 Å². The lowest BCUT2D eigenvalue weighted by Gasteiger charge is -2.44. The number of aldehydes is 1. The second-order valence-corrected chi connectivity index (χ2v) is 4.91. The van der Waals surface area contributed by atoms with Crippen molar-refractivity contribution in [3.05, 3.63) is 0 Å². The molecule has 80 valence electrons. The van der Waals surface area contributed by atoms with Gasteiger partial charge >= 0.3 is 0 Å². The highest BCUT2D eigenvalue weighted by Crippen LogP contribution is 2.33. The molecule has 0 aromatic rings. The normalized spacial score (nSPS) is 35.2. The van der Waals surface area contributed by atoms with Crippen LogP contribution in [-0.4, -0.2) is 30.3 Å². The Labute approximate surface area is 86.7 Å². The van der Waals surface area contributed by atoms with E-state index in [9.17, 15) is 4.79 Å². The van der Waals surface area contributed by atoms with Gasteiger partial charge in [0.15, 0.2) is 0 Å². The van der Waals surface area contributed by atoms with E-state index >= 15 is 0 Å². The van der Waals surface area contributed by atoms with Gasteiger partial charge in [-0.1, -0.05) is 13.3 Å². The van der Waals surface area contributed by atoms with Gasteiger partial charge in [0.25, 0.3) is 0 Å². The van der Waals surface area contributed by atoms with Crippen LogP contribution < -0.4 is 0 Å². The lowest BCUT2D eigenvalue weighted by molar-refractivity contribution is -0.115. The molecule has 2 aliphatic rings. The highest BCUT2D eigenvalue weighted by atomic mass is 16.1. The molecule has 0 atom stereocenters. The van der Waals surface area contributed by atoms with Gasteiger partial charge < -0.3 is 9.69 Å². The van der Waals surface area contributed by atoms with E-state index in [1.54, 1.807) is 0 Å². The summed E-state index contributed by atoms with van der Waals surface area (Å²) in [5, 5.41) is 0. The fraction of sp³-hybridized carbons (Fsp3) is 0.917. The molecule has 0 amide bonds. The van der Waals surface area contributed by atoms with E-state index in [2.05, 4.69) is 11.8 Å². The third kappa shape index (κ3) is 2.00. The molecule has 1 saturated heterocycles. The monoisotopic (exact) mass is 195 g/mol. The standard InChI is InChI=1S/C12H21NO/c1-2-10-3-5-13(6-4-10)12-7-11(8-12)9-14/h9-12H,2-8H2,1H3. The van der Waals surface area contributed by atoms with Gasteiger partial charge in [-0.05, 0) is 44.7 Å². The fourth-order valence-electron chi connectivity index (χ4n) is 2.77. The lowest BCUT2D eigenvalue weighted by atomic mass is 9.79. The minimum absolute atomic E-state index is 0.379. The molecule has 2 nitrogen and oxygen atoms in total. The number of hydrogen-bond acceptors (Lipinski definition) is 2. The predicted molar refractivity (Wildman–Crippen MR) is 57.2 cm³/mol. The molecule has 1 saturated carbocycles. The van der Waals surface area contributed by atoms with Gasteiger partial charge in [0.2, 0.25) is 0 Å². The Kier molecular flexibility index (Phi) is 3.22. The van der Waals surface area contributed by atoms with E-state index in [1.807, 2.05) is 0 Å². The fourth-order valence-corrected chi connectivity index (χ4v) is 2.77. The number of nitrogens with zero attached hydrogens (tertiary/aromatic N) is 1. The van der Waals surface area contributed by atoms with Gasteiger partial charge in [0, 0.05) is 12.0 Å². The van der Waals surface area contributed by atoms with Crippen molar-refractivity contribution in [2.45, 2.75) is 45.1 Å². The zero-order valence-corrected chi connectivity index (χ0v) is 9.11. The lowest BCUT2D eigenvalue weighted by Crippen LogP contribution is -2.48. The summed E-state index contributed by atoms with van der Waals surface area (Å²) >= 11 is 0. The molecule has 2 heteroatoms. The quantitative estimate of drug-likeness (QED) is 0.643. The van der Waals surface area contributed by atoms with Crippen LogP contribution in [0, 0.1) is 11.8 Å². The summed E-state index contributed by atoms with van der Waals surface area (Å²) in [6.07, 6.45) is 7.48. The molecular weight excluding hydrogens is 174 g/mol. The van der Waals surface area contributed by atoms with Crippen LogP contribution in [0.2, 0.25) is 0 Å². The Morgan fingerprint density at radius 1 is 1.29 bits per heavy atom. The minimum atomic E-state index is 0.379. The third-order valence-corrected chi connectivity index (χ3v) is 4.08. The average Bonchev–Trinajstić information content (AvgIpc) is 2.17. The number of hydrogen-bond donors (Lipinski definition) is 0. The van der Waals surface area contributed by atoms with Crippen molar-refractivity contribution in [3.63, 3.8) is 0 Å². The molecule has 0 aromatic carbocycles. The number of piperidine rings is 1. The third-order valence-electron chi connectivity index (χ3n) is 4.08. The SMILES string of the molecule is CCC1CCN(C2CC(C=O)C2)CC1. The first-order chi connectivity index (χ1) is 6.83. The number of carbonyl (C=O) groups is 1. The second kappa shape index (κ2) is 4.43. The van der Waals surface area contributed by atoms with Crippen LogP contribution in [-0.2, 0) is 4.79 Å². The van der Waals surface area contributed by atoms with E-state index in [0.29, 0.717) is 5.92 Å². The van der Waals surface area contributed by atoms with Crippen molar-refractivity contribution in [2.24, 2.45) is 11.8 Å². The van der Waals surface area contributed by atoms with Gasteiger partial charge in [0.05, 0.1) is 0 Å². The van der Waals surface area contributed by atoms with Crippen LogP contribution in [0.3, 0.4) is 0 Å². The zero-order chi connectivity index (χ0) is 9.97. The molecule has 0 radical (unpaired) electrons. The van der Waals surface area contributed by atoms with Gasteiger partial charge in [0.1, 0.15) is 6.29 Å². The van der Waals surface area contributed by atoms with Gasteiger partial charge in [-0.15, -0.1) is 0 Å². The van der Waals surface area contributed by atoms with E-state index in [0.717, 1.165) is 31.1 Å². The Bertz CT molecular complexity index is 190. The Hall–Kier alpha value is -0.370. The topological polar surface area (TPSA) is 20.3 Å². The molecule has 2 fully saturated rings. The first-order valence-corrected chi connectivity index (χ1v) is 6.02. The van der Waals surface area contributed by atoms with Crippen molar-refractivity contribution >= 4 is 6.29 Å². The van der Waals surface area contributed by atoms with Crippen LogP contribution in [0.5, 0.6) is 0 Å². The molecule has 1 aliphatic carbocycles. The second-order valence-electron chi connectivity index (χ2n) is 4.91. The summed E-state index contributed by atoms with van der Waals surface area (Å²) in [7, 11) is 0. The Morgan fingerprint density at radius 3 is 2.43 bits per heavy atom. The molecule has 0 bridgehead atoms. The maximum Gasteiger partial charge on any atom is 0.123 e. The van der Waals surface area contributed by atoms with Gasteiger partial charge in [-0.2, -0.15) is 0 Å². The zero-order valence-electron chi connectivity index (χ0n) is 9.11. The van der Waals surface area contributed by atoms with Gasteiger partial charge in [-0.3, -0.25) is 0 Å². The molecule has 0 spiro atoms. The smallest absolute Gasteiger partial charge is 0.123 e. The highest BCUT2D eigenvalue weighted by Gasteiger charge is 2.34. The molecule has 14 heavy (non-hydrogen) atoms. The largest absolute Gasteiger partial charge is 0.303 e. The minimum Gasteiger partial charge on any atom is -0.303 e. The predicted octanol–water partition coefficient (Wildman–Crippen LogP) is 2.09. The van der Waals surface area contributed by atoms with Gasteiger partial charge in [-0.25, -0.2) is 0 Å². The molecule has 0 N–H and O–H groups in total.